The van der Waals surface area contributed by atoms with Crippen LogP contribution in [0.3, 0.4) is 0 Å². The van der Waals surface area contributed by atoms with E-state index in [9.17, 15) is 18.0 Å². The van der Waals surface area contributed by atoms with Crippen LogP contribution in [0.5, 0.6) is 0 Å². The number of fused-ring (bicyclic) bond motifs is 1. The van der Waals surface area contributed by atoms with Crippen molar-refractivity contribution in [1.29, 1.82) is 0 Å². The fourth-order valence-electron chi connectivity index (χ4n) is 3.98. The second-order valence-electron chi connectivity index (χ2n) is 8.19. The SMILES string of the molecule is CC(C)c1c(C(=O)N2CCN(C)c3ccccc3C2)cnn1-c1ccc(C(F)(F)F)cn1. The van der Waals surface area contributed by atoms with Gasteiger partial charge in [-0.05, 0) is 29.7 Å². The zero-order chi connectivity index (χ0) is 23.0. The normalized spacial score (nSPS) is 14.5. The summed E-state index contributed by atoms with van der Waals surface area (Å²) in [5.41, 5.74) is 2.38. The number of anilines is 1. The van der Waals surface area contributed by atoms with Crippen molar-refractivity contribution < 1.29 is 18.0 Å². The third kappa shape index (κ3) is 4.06. The summed E-state index contributed by atoms with van der Waals surface area (Å²) < 4.78 is 40.1. The maximum absolute atomic E-state index is 13.5. The van der Waals surface area contributed by atoms with E-state index in [0.717, 1.165) is 23.5 Å². The minimum absolute atomic E-state index is 0.0949. The van der Waals surface area contributed by atoms with E-state index in [4.69, 9.17) is 0 Å². The summed E-state index contributed by atoms with van der Waals surface area (Å²) >= 11 is 0. The highest BCUT2D eigenvalue weighted by atomic mass is 19.4. The number of nitrogens with zero attached hydrogens (tertiary/aromatic N) is 5. The maximum atomic E-state index is 13.5. The van der Waals surface area contributed by atoms with Crippen LogP contribution in [-0.4, -0.2) is 45.7 Å². The average molecular weight is 443 g/mol. The number of pyridine rings is 1. The third-order valence-corrected chi connectivity index (χ3v) is 5.63. The number of alkyl halides is 3. The predicted molar refractivity (Wildman–Crippen MR) is 115 cm³/mol. The van der Waals surface area contributed by atoms with Gasteiger partial charge in [0.15, 0.2) is 5.82 Å². The minimum atomic E-state index is -4.46. The molecule has 2 aromatic heterocycles. The average Bonchev–Trinajstić information content (AvgIpc) is 3.14. The maximum Gasteiger partial charge on any atom is 0.417 e. The summed E-state index contributed by atoms with van der Waals surface area (Å²) in [6, 6.07) is 10.2. The summed E-state index contributed by atoms with van der Waals surface area (Å²) in [4.78, 5) is 21.4. The second kappa shape index (κ2) is 8.29. The number of para-hydroxylation sites is 1. The highest BCUT2D eigenvalue weighted by molar-refractivity contribution is 5.95. The van der Waals surface area contributed by atoms with E-state index in [1.807, 2.05) is 45.2 Å². The highest BCUT2D eigenvalue weighted by Crippen LogP contribution is 2.30. The van der Waals surface area contributed by atoms with Crippen LogP contribution in [0, 0.1) is 0 Å². The van der Waals surface area contributed by atoms with Gasteiger partial charge in [0.2, 0.25) is 0 Å². The van der Waals surface area contributed by atoms with E-state index in [1.54, 1.807) is 4.90 Å². The van der Waals surface area contributed by atoms with Gasteiger partial charge in [-0.3, -0.25) is 4.79 Å². The smallest absolute Gasteiger partial charge is 0.373 e. The van der Waals surface area contributed by atoms with Crippen molar-refractivity contribution in [3.8, 4) is 5.82 Å². The molecule has 3 aromatic rings. The number of carbonyl (C=O) groups excluding carboxylic acids is 1. The molecule has 0 radical (unpaired) electrons. The van der Waals surface area contributed by atoms with E-state index in [2.05, 4.69) is 15.0 Å². The van der Waals surface area contributed by atoms with Gasteiger partial charge in [0.25, 0.3) is 5.91 Å². The van der Waals surface area contributed by atoms with E-state index in [0.29, 0.717) is 30.9 Å². The van der Waals surface area contributed by atoms with E-state index < -0.39 is 11.7 Å². The van der Waals surface area contributed by atoms with Crippen molar-refractivity contribution >= 4 is 11.6 Å². The highest BCUT2D eigenvalue weighted by Gasteiger charge is 2.31. The van der Waals surface area contributed by atoms with Crippen molar-refractivity contribution in [1.82, 2.24) is 19.7 Å². The van der Waals surface area contributed by atoms with Crippen molar-refractivity contribution in [2.24, 2.45) is 0 Å². The molecule has 0 bridgehead atoms. The van der Waals surface area contributed by atoms with Crippen molar-refractivity contribution in [3.05, 3.63) is 71.2 Å². The number of rotatable bonds is 3. The standard InChI is InChI=1S/C23H24F3N5O/c1-15(2)21-18(13-28-31(21)20-9-8-17(12-27-20)23(24,25)26)22(32)30-11-10-29(3)19-7-5-4-6-16(19)14-30/h4-9,12-13,15H,10-11,14H2,1-3H3. The van der Waals surface area contributed by atoms with Crippen LogP contribution in [0.25, 0.3) is 5.82 Å². The first-order valence-corrected chi connectivity index (χ1v) is 10.4. The predicted octanol–water partition coefficient (Wildman–Crippen LogP) is 4.50. The Kier molecular flexibility index (Phi) is 5.66. The van der Waals surface area contributed by atoms with E-state index >= 15 is 0 Å². The lowest BCUT2D eigenvalue weighted by atomic mass is 10.0. The molecule has 4 rings (SSSR count). The second-order valence-corrected chi connectivity index (χ2v) is 8.19. The van der Waals surface area contributed by atoms with Gasteiger partial charge >= 0.3 is 6.18 Å². The van der Waals surface area contributed by atoms with E-state index in [-0.39, 0.29) is 17.6 Å². The molecule has 0 unspecified atom stereocenters. The molecule has 0 saturated heterocycles. The van der Waals surface area contributed by atoms with Gasteiger partial charge in [-0.2, -0.15) is 18.3 Å². The first-order valence-electron chi connectivity index (χ1n) is 10.4. The monoisotopic (exact) mass is 443 g/mol. The Balaban J connectivity index is 1.68. The number of halogens is 3. The molecule has 9 heteroatoms. The fraction of sp³-hybridized carbons (Fsp3) is 0.348. The van der Waals surface area contributed by atoms with Gasteiger partial charge in [0.1, 0.15) is 0 Å². The summed E-state index contributed by atoms with van der Waals surface area (Å²) in [6.45, 7) is 5.54. The first-order chi connectivity index (χ1) is 15.2. The van der Waals surface area contributed by atoms with Gasteiger partial charge in [-0.15, -0.1) is 0 Å². The molecule has 1 amide bonds. The lowest BCUT2D eigenvalue weighted by Gasteiger charge is -2.22. The zero-order valence-corrected chi connectivity index (χ0v) is 18.1. The fourth-order valence-corrected chi connectivity index (χ4v) is 3.98. The van der Waals surface area contributed by atoms with Crippen LogP contribution in [0.1, 0.15) is 46.9 Å². The van der Waals surface area contributed by atoms with Gasteiger partial charge in [-0.1, -0.05) is 32.0 Å². The Bertz CT molecular complexity index is 1120. The first kappa shape index (κ1) is 21.9. The Hall–Kier alpha value is -3.36. The number of hydrogen-bond acceptors (Lipinski definition) is 4. The number of hydrogen-bond donors (Lipinski definition) is 0. The number of aromatic nitrogens is 3. The molecule has 0 saturated carbocycles. The molecule has 0 fully saturated rings. The van der Waals surface area contributed by atoms with Crippen LogP contribution in [0.15, 0.2) is 48.8 Å². The molecular weight excluding hydrogens is 419 g/mol. The van der Waals surface area contributed by atoms with Crippen LogP contribution < -0.4 is 4.90 Å². The quantitative estimate of drug-likeness (QED) is 0.598. The summed E-state index contributed by atoms with van der Waals surface area (Å²) in [7, 11) is 2.00. The minimum Gasteiger partial charge on any atom is -0.373 e. The largest absolute Gasteiger partial charge is 0.417 e. The Morgan fingerprint density at radius 1 is 1.06 bits per heavy atom. The van der Waals surface area contributed by atoms with Crippen LogP contribution in [0.2, 0.25) is 0 Å². The third-order valence-electron chi connectivity index (χ3n) is 5.63. The molecule has 1 aliphatic rings. The molecule has 0 N–H and O–H groups in total. The number of carbonyl (C=O) groups is 1. The molecule has 0 atom stereocenters. The zero-order valence-electron chi connectivity index (χ0n) is 18.1. The molecule has 32 heavy (non-hydrogen) atoms. The molecule has 168 valence electrons. The molecule has 0 aliphatic carbocycles. The molecule has 6 nitrogen and oxygen atoms in total. The van der Waals surface area contributed by atoms with E-state index in [1.165, 1.54) is 16.9 Å². The topological polar surface area (TPSA) is 54.3 Å². The summed E-state index contributed by atoms with van der Waals surface area (Å²) in [5, 5.41) is 4.31. The Morgan fingerprint density at radius 3 is 2.47 bits per heavy atom. The summed E-state index contributed by atoms with van der Waals surface area (Å²) in [5.74, 6) is -0.0128. The molecule has 3 heterocycles. The van der Waals surface area contributed by atoms with Crippen LogP contribution in [0.4, 0.5) is 18.9 Å². The summed E-state index contributed by atoms with van der Waals surface area (Å²) in [6.07, 6.45) is -2.20. The molecule has 1 aliphatic heterocycles. The molecular formula is C23H24F3N5O. The molecule has 0 spiro atoms. The van der Waals surface area contributed by atoms with Gasteiger partial charge in [0.05, 0.1) is 23.0 Å². The van der Waals surface area contributed by atoms with Crippen LogP contribution >= 0.6 is 0 Å². The van der Waals surface area contributed by atoms with Crippen molar-refractivity contribution in [3.63, 3.8) is 0 Å². The Labute approximate surface area is 184 Å². The lowest BCUT2D eigenvalue weighted by Crippen LogP contribution is -2.34. The number of amides is 1. The Morgan fingerprint density at radius 2 is 1.81 bits per heavy atom. The van der Waals surface area contributed by atoms with Gasteiger partial charge in [-0.25, -0.2) is 9.67 Å². The number of likely N-dealkylation sites (N-methyl/N-ethyl adjacent to an activating group) is 1. The molecule has 1 aromatic carbocycles. The van der Waals surface area contributed by atoms with Crippen LogP contribution in [-0.2, 0) is 12.7 Å². The number of benzene rings is 1. The van der Waals surface area contributed by atoms with Gasteiger partial charge < -0.3 is 9.80 Å². The van der Waals surface area contributed by atoms with Crippen molar-refractivity contribution in [2.75, 3.05) is 25.0 Å². The lowest BCUT2D eigenvalue weighted by molar-refractivity contribution is -0.137. The van der Waals surface area contributed by atoms with Gasteiger partial charge in [0, 0.05) is 38.6 Å². The van der Waals surface area contributed by atoms with Crippen molar-refractivity contribution in [2.45, 2.75) is 32.5 Å².